The number of carbonyl (C=O) groups is 1. The number of hydrogen-bond donors (Lipinski definition) is 0. The average Bonchev–Trinajstić information content (AvgIpc) is 2.33. The largest absolute Gasteiger partial charge is 0.375 e. The van der Waals surface area contributed by atoms with Crippen molar-refractivity contribution in [2.24, 2.45) is 0 Å². The third kappa shape index (κ3) is 3.35. The zero-order valence-electron chi connectivity index (χ0n) is 11.2. The Kier molecular flexibility index (Phi) is 5.41. The maximum Gasteiger partial charge on any atom is 0.253 e. The molecule has 96 valence electrons. The lowest BCUT2D eigenvalue weighted by Gasteiger charge is -2.25. The van der Waals surface area contributed by atoms with E-state index in [-0.39, 0.29) is 12.5 Å². The van der Waals surface area contributed by atoms with Crippen LogP contribution in [0, 0.1) is 26.2 Å². The second-order valence-electron chi connectivity index (χ2n) is 4.17. The van der Waals surface area contributed by atoms with Crippen molar-refractivity contribution in [2.75, 3.05) is 25.2 Å². The van der Waals surface area contributed by atoms with E-state index in [1.807, 2.05) is 32.0 Å². The van der Waals surface area contributed by atoms with E-state index in [0.717, 1.165) is 16.8 Å². The Morgan fingerprint density at radius 1 is 1.39 bits per heavy atom. The van der Waals surface area contributed by atoms with E-state index in [4.69, 9.17) is 11.2 Å². The highest BCUT2D eigenvalue weighted by molar-refractivity contribution is 5.95. The molecule has 0 N–H and O–H groups in total. The first kappa shape index (κ1) is 14.3. The lowest BCUT2D eigenvalue weighted by molar-refractivity contribution is -0.122. The Morgan fingerprint density at radius 3 is 2.50 bits per heavy atom. The van der Waals surface area contributed by atoms with Gasteiger partial charge in [0.1, 0.15) is 6.61 Å². The van der Waals surface area contributed by atoms with E-state index < -0.39 is 0 Å². The van der Waals surface area contributed by atoms with Crippen molar-refractivity contribution in [2.45, 2.75) is 20.3 Å². The third-order valence-corrected chi connectivity index (χ3v) is 2.76. The monoisotopic (exact) mass is 245 g/mol. The normalized spacial score (nSPS) is 9.89. The lowest BCUT2D eigenvalue weighted by atomic mass is 10.1. The molecule has 0 atom stereocenters. The van der Waals surface area contributed by atoms with Crippen LogP contribution in [0.15, 0.2) is 18.2 Å². The molecule has 0 aliphatic carbocycles. The highest BCUT2D eigenvalue weighted by Crippen LogP contribution is 2.24. The van der Waals surface area contributed by atoms with Crippen LogP contribution in [0.5, 0.6) is 0 Å². The SMILES string of the molecule is C#CCCN(C(=O)COC)c1c(C)cccc1C. The summed E-state index contributed by atoms with van der Waals surface area (Å²) in [6, 6.07) is 5.96. The van der Waals surface area contributed by atoms with Crippen LogP contribution >= 0.6 is 0 Å². The molecule has 0 aliphatic rings. The molecule has 0 spiro atoms. The van der Waals surface area contributed by atoms with Gasteiger partial charge in [0, 0.05) is 25.8 Å². The average molecular weight is 245 g/mol. The maximum absolute atomic E-state index is 12.1. The van der Waals surface area contributed by atoms with Crippen LogP contribution in [0.2, 0.25) is 0 Å². The van der Waals surface area contributed by atoms with Crippen LogP contribution in [0.3, 0.4) is 0 Å². The number of aryl methyl sites for hydroxylation is 2. The van der Waals surface area contributed by atoms with Gasteiger partial charge in [-0.3, -0.25) is 4.79 Å². The molecule has 0 bridgehead atoms. The third-order valence-electron chi connectivity index (χ3n) is 2.76. The molecule has 3 heteroatoms. The zero-order chi connectivity index (χ0) is 13.5. The lowest BCUT2D eigenvalue weighted by Crippen LogP contribution is -2.35. The van der Waals surface area contributed by atoms with Crippen molar-refractivity contribution >= 4 is 11.6 Å². The van der Waals surface area contributed by atoms with Gasteiger partial charge in [-0.05, 0) is 25.0 Å². The van der Waals surface area contributed by atoms with E-state index in [2.05, 4.69) is 5.92 Å². The van der Waals surface area contributed by atoms with Gasteiger partial charge in [0.25, 0.3) is 5.91 Å². The molecule has 18 heavy (non-hydrogen) atoms. The summed E-state index contributed by atoms with van der Waals surface area (Å²) in [5, 5.41) is 0. The number of nitrogens with zero attached hydrogens (tertiary/aromatic N) is 1. The number of amides is 1. The number of methoxy groups -OCH3 is 1. The Balaban J connectivity index is 3.09. The zero-order valence-corrected chi connectivity index (χ0v) is 11.2. The smallest absolute Gasteiger partial charge is 0.253 e. The standard InChI is InChI=1S/C15H19NO2/c1-5-6-10-16(14(17)11-18-4)15-12(2)8-7-9-13(15)3/h1,7-9H,6,10-11H2,2-4H3. The predicted octanol–water partition coefficient (Wildman–Crippen LogP) is 2.31. The Morgan fingerprint density at radius 2 is 2.00 bits per heavy atom. The first-order chi connectivity index (χ1) is 8.61. The minimum absolute atomic E-state index is 0.0647. The van der Waals surface area contributed by atoms with Gasteiger partial charge in [0.15, 0.2) is 0 Å². The number of benzene rings is 1. The van der Waals surface area contributed by atoms with Crippen molar-refractivity contribution in [1.29, 1.82) is 0 Å². The molecular formula is C15H19NO2. The van der Waals surface area contributed by atoms with Crippen LogP contribution < -0.4 is 4.90 Å². The molecule has 3 nitrogen and oxygen atoms in total. The van der Waals surface area contributed by atoms with E-state index in [9.17, 15) is 4.79 Å². The van der Waals surface area contributed by atoms with Gasteiger partial charge < -0.3 is 9.64 Å². The van der Waals surface area contributed by atoms with Gasteiger partial charge in [0.2, 0.25) is 0 Å². The Labute approximate surface area is 109 Å². The van der Waals surface area contributed by atoms with Gasteiger partial charge in [-0.15, -0.1) is 12.3 Å². The number of anilines is 1. The van der Waals surface area contributed by atoms with Crippen molar-refractivity contribution in [1.82, 2.24) is 0 Å². The van der Waals surface area contributed by atoms with Gasteiger partial charge in [0.05, 0.1) is 0 Å². The van der Waals surface area contributed by atoms with Gasteiger partial charge >= 0.3 is 0 Å². The Hall–Kier alpha value is -1.79. The number of ether oxygens (including phenoxy) is 1. The van der Waals surface area contributed by atoms with Crippen LogP contribution in [-0.2, 0) is 9.53 Å². The second-order valence-corrected chi connectivity index (χ2v) is 4.17. The molecule has 0 radical (unpaired) electrons. The van der Waals surface area contributed by atoms with E-state index >= 15 is 0 Å². The second kappa shape index (κ2) is 6.83. The maximum atomic E-state index is 12.1. The molecule has 0 unspecified atom stereocenters. The van der Waals surface area contributed by atoms with Gasteiger partial charge in [-0.25, -0.2) is 0 Å². The van der Waals surface area contributed by atoms with Crippen molar-refractivity contribution in [3.8, 4) is 12.3 Å². The summed E-state index contributed by atoms with van der Waals surface area (Å²) in [6.45, 7) is 4.57. The Bertz CT molecular complexity index is 440. The molecule has 0 heterocycles. The number of carbonyl (C=O) groups excluding carboxylic acids is 1. The molecule has 0 saturated heterocycles. The first-order valence-corrected chi connectivity index (χ1v) is 5.90. The first-order valence-electron chi connectivity index (χ1n) is 5.90. The van der Waals surface area contributed by atoms with Crippen LogP contribution in [0.1, 0.15) is 17.5 Å². The van der Waals surface area contributed by atoms with Crippen LogP contribution in [-0.4, -0.2) is 26.2 Å². The quantitative estimate of drug-likeness (QED) is 0.745. The van der Waals surface area contributed by atoms with Crippen molar-refractivity contribution in [3.05, 3.63) is 29.3 Å². The summed E-state index contributed by atoms with van der Waals surface area (Å²) >= 11 is 0. The number of terminal acetylenes is 1. The fourth-order valence-corrected chi connectivity index (χ4v) is 1.97. The van der Waals surface area contributed by atoms with E-state index in [1.165, 1.54) is 7.11 Å². The molecule has 0 aliphatic heterocycles. The highest BCUT2D eigenvalue weighted by Gasteiger charge is 2.18. The van der Waals surface area contributed by atoms with E-state index in [0.29, 0.717) is 13.0 Å². The molecule has 1 rings (SSSR count). The van der Waals surface area contributed by atoms with Crippen LogP contribution in [0.25, 0.3) is 0 Å². The predicted molar refractivity (Wildman–Crippen MR) is 73.6 cm³/mol. The molecule has 0 saturated carbocycles. The fraction of sp³-hybridized carbons (Fsp3) is 0.400. The minimum atomic E-state index is -0.0647. The minimum Gasteiger partial charge on any atom is -0.375 e. The summed E-state index contributed by atoms with van der Waals surface area (Å²) in [7, 11) is 1.52. The van der Waals surface area contributed by atoms with Crippen molar-refractivity contribution < 1.29 is 9.53 Å². The summed E-state index contributed by atoms with van der Waals surface area (Å²) in [5.41, 5.74) is 3.07. The number of para-hydroxylation sites is 1. The molecule has 1 aromatic rings. The molecular weight excluding hydrogens is 226 g/mol. The summed E-state index contributed by atoms with van der Waals surface area (Å²) in [6.07, 6.45) is 5.82. The number of hydrogen-bond acceptors (Lipinski definition) is 2. The molecule has 0 fully saturated rings. The van der Waals surface area contributed by atoms with Crippen molar-refractivity contribution in [3.63, 3.8) is 0 Å². The van der Waals surface area contributed by atoms with E-state index in [1.54, 1.807) is 4.90 Å². The summed E-state index contributed by atoms with van der Waals surface area (Å²) < 4.78 is 4.92. The topological polar surface area (TPSA) is 29.5 Å². The summed E-state index contributed by atoms with van der Waals surface area (Å²) in [4.78, 5) is 13.8. The fourth-order valence-electron chi connectivity index (χ4n) is 1.97. The molecule has 1 aromatic carbocycles. The van der Waals surface area contributed by atoms with Gasteiger partial charge in [-0.2, -0.15) is 0 Å². The number of rotatable bonds is 5. The molecule has 1 amide bonds. The summed E-state index contributed by atoms with van der Waals surface area (Å²) in [5.74, 6) is 2.50. The van der Waals surface area contributed by atoms with Crippen LogP contribution in [0.4, 0.5) is 5.69 Å². The highest BCUT2D eigenvalue weighted by atomic mass is 16.5. The molecule has 0 aromatic heterocycles. The van der Waals surface area contributed by atoms with Gasteiger partial charge in [-0.1, -0.05) is 18.2 Å².